The summed E-state index contributed by atoms with van der Waals surface area (Å²) in [6.07, 6.45) is -1.13. The average molecular weight is 571 g/mol. The molecule has 6 rings (SSSR count). The molecule has 9 heteroatoms. The highest BCUT2D eigenvalue weighted by atomic mass is 79.9. The van der Waals surface area contributed by atoms with E-state index in [9.17, 15) is 19.2 Å². The highest BCUT2D eigenvalue weighted by Crippen LogP contribution is 2.58. The van der Waals surface area contributed by atoms with Gasteiger partial charge in [0.1, 0.15) is 0 Å². The lowest BCUT2D eigenvalue weighted by Gasteiger charge is -2.27. The first kappa shape index (κ1) is 22.6. The molecule has 0 saturated carbocycles. The summed E-state index contributed by atoms with van der Waals surface area (Å²) in [4.78, 5) is 56.2. The number of rotatable bonds is 2. The maximum Gasteiger partial charge on any atom is 0.241 e. The van der Waals surface area contributed by atoms with E-state index in [-0.39, 0.29) is 21.2 Å². The van der Waals surface area contributed by atoms with E-state index in [1.807, 2.05) is 0 Å². The Balaban J connectivity index is 1.57. The van der Waals surface area contributed by atoms with Crippen molar-refractivity contribution in [3.05, 3.63) is 97.9 Å². The Kier molecular flexibility index (Phi) is 5.06. The number of anilines is 1. The van der Waals surface area contributed by atoms with Gasteiger partial charge in [-0.15, -0.1) is 0 Å². The maximum atomic E-state index is 13.9. The summed E-state index contributed by atoms with van der Waals surface area (Å²) in [5, 5.41) is 0.354. The number of halogens is 3. The molecule has 0 aromatic heterocycles. The normalized spacial score (nSPS) is 24.4. The van der Waals surface area contributed by atoms with Gasteiger partial charge in [0.05, 0.1) is 33.7 Å². The molecule has 1 spiro atoms. The minimum Gasteiger partial charge on any atom is -0.349 e. The third-order valence-electron chi connectivity index (χ3n) is 6.89. The van der Waals surface area contributed by atoms with Gasteiger partial charge in [0.25, 0.3) is 0 Å². The van der Waals surface area contributed by atoms with Crippen LogP contribution in [0.2, 0.25) is 10.0 Å². The van der Waals surface area contributed by atoms with Gasteiger partial charge < -0.3 is 4.74 Å². The number of hydrogen-bond acceptors (Lipinski definition) is 5. The van der Waals surface area contributed by atoms with Crippen LogP contribution < -0.4 is 4.90 Å². The molecule has 2 aliphatic heterocycles. The number of amides is 2. The summed E-state index contributed by atoms with van der Waals surface area (Å²) in [5.41, 5.74) is -1.17. The van der Waals surface area contributed by atoms with E-state index >= 15 is 0 Å². The van der Waals surface area contributed by atoms with Gasteiger partial charge >= 0.3 is 0 Å². The van der Waals surface area contributed by atoms with Gasteiger partial charge in [-0.3, -0.25) is 19.2 Å². The molecule has 3 atom stereocenters. The fraction of sp³-hybridized carbons (Fsp3) is 0.154. The van der Waals surface area contributed by atoms with Crippen LogP contribution in [0, 0.1) is 11.8 Å². The van der Waals surface area contributed by atoms with Gasteiger partial charge in [0, 0.05) is 21.2 Å². The molecule has 6 nitrogen and oxygen atoms in total. The lowest BCUT2D eigenvalue weighted by molar-refractivity contribution is -0.127. The van der Waals surface area contributed by atoms with Crippen LogP contribution in [0.15, 0.2) is 71.2 Å². The SMILES string of the molecule is O=C1[C@H]2[C@@H](C(=O)N1c1ccc(Br)cc1)C1(O[C@H]2c2cccc(Cl)c2Cl)C(=O)c2ccccc2C1=O. The van der Waals surface area contributed by atoms with Gasteiger partial charge in [-0.1, -0.05) is 75.5 Å². The van der Waals surface area contributed by atoms with Crippen LogP contribution in [-0.4, -0.2) is 29.0 Å². The molecule has 3 aromatic rings. The molecule has 3 aliphatic rings. The first-order valence-electron chi connectivity index (χ1n) is 10.7. The zero-order chi connectivity index (χ0) is 24.6. The Morgan fingerprint density at radius 1 is 0.800 bits per heavy atom. The van der Waals surface area contributed by atoms with Gasteiger partial charge in [-0.25, -0.2) is 4.90 Å². The van der Waals surface area contributed by atoms with Crippen LogP contribution >= 0.6 is 39.1 Å². The highest BCUT2D eigenvalue weighted by Gasteiger charge is 2.74. The van der Waals surface area contributed by atoms with Crippen molar-refractivity contribution < 1.29 is 23.9 Å². The highest BCUT2D eigenvalue weighted by molar-refractivity contribution is 9.10. The molecule has 35 heavy (non-hydrogen) atoms. The van der Waals surface area contributed by atoms with Crippen LogP contribution in [0.3, 0.4) is 0 Å². The largest absolute Gasteiger partial charge is 0.349 e. The molecule has 2 saturated heterocycles. The summed E-state index contributed by atoms with van der Waals surface area (Å²) in [6.45, 7) is 0. The number of nitrogens with zero attached hydrogens (tertiary/aromatic N) is 1. The predicted molar refractivity (Wildman–Crippen MR) is 132 cm³/mol. The molecule has 174 valence electrons. The second kappa shape index (κ2) is 7.83. The van der Waals surface area contributed by atoms with E-state index in [1.54, 1.807) is 54.6 Å². The van der Waals surface area contributed by atoms with Gasteiger partial charge in [-0.2, -0.15) is 0 Å². The molecular weight excluding hydrogens is 557 g/mol. The summed E-state index contributed by atoms with van der Waals surface area (Å²) >= 11 is 16.1. The number of ketones is 2. The van der Waals surface area contributed by atoms with Gasteiger partial charge in [0.15, 0.2) is 0 Å². The number of hydrogen-bond donors (Lipinski definition) is 0. The molecule has 0 unspecified atom stereocenters. The number of imide groups is 1. The standard InChI is InChI=1S/C26H14BrCl2NO5/c27-12-8-10-13(11-9-12)30-24(33)18-19(25(30)34)26(22(31)14-4-1-2-5-15(14)23(26)32)35-21(18)16-6-3-7-17(28)20(16)29/h1-11,18-19,21H/t18-,19-,21-/m0/s1. The third kappa shape index (κ3) is 2.93. The fourth-order valence-electron chi connectivity index (χ4n) is 5.38. The number of carbonyl (C=O) groups is 4. The van der Waals surface area contributed by atoms with Crippen LogP contribution in [0.25, 0.3) is 0 Å². The summed E-state index contributed by atoms with van der Waals surface area (Å²) in [5.74, 6) is -5.01. The van der Waals surface area contributed by atoms with E-state index in [2.05, 4.69) is 15.9 Å². The van der Waals surface area contributed by atoms with Gasteiger partial charge in [0.2, 0.25) is 29.0 Å². The molecular formula is C26H14BrCl2NO5. The minimum absolute atomic E-state index is 0.132. The topological polar surface area (TPSA) is 80.8 Å². The predicted octanol–water partition coefficient (Wildman–Crippen LogP) is 5.45. The number of fused-ring (bicyclic) bond motifs is 3. The van der Waals surface area contributed by atoms with Crippen LogP contribution in [0.1, 0.15) is 32.4 Å². The lowest BCUT2D eigenvalue weighted by atomic mass is 9.77. The molecule has 2 heterocycles. The second-order valence-electron chi connectivity index (χ2n) is 8.61. The van der Waals surface area contributed by atoms with E-state index in [0.29, 0.717) is 11.3 Å². The summed E-state index contributed by atoms with van der Waals surface area (Å²) in [6, 6.07) is 17.8. The van der Waals surface area contributed by atoms with Crippen molar-refractivity contribution in [2.24, 2.45) is 11.8 Å². The molecule has 1 aliphatic carbocycles. The molecule has 0 radical (unpaired) electrons. The van der Waals surface area contributed by atoms with Gasteiger partial charge in [-0.05, 0) is 30.3 Å². The Hall–Kier alpha value is -2.84. The smallest absolute Gasteiger partial charge is 0.241 e. The van der Waals surface area contributed by atoms with E-state index in [0.717, 1.165) is 9.37 Å². The summed E-state index contributed by atoms with van der Waals surface area (Å²) < 4.78 is 7.00. The Bertz CT molecular complexity index is 1440. The van der Waals surface area contributed by atoms with Crippen molar-refractivity contribution in [2.45, 2.75) is 11.7 Å². The fourth-order valence-corrected chi connectivity index (χ4v) is 6.06. The number of Topliss-reactive ketones (excluding diaryl/α,β-unsaturated/α-hetero) is 2. The Morgan fingerprint density at radius 2 is 1.43 bits per heavy atom. The Labute approximate surface area is 217 Å². The number of ether oxygens (including phenoxy) is 1. The monoisotopic (exact) mass is 569 g/mol. The average Bonchev–Trinajstić information content (AvgIpc) is 3.42. The number of carbonyl (C=O) groups excluding carboxylic acids is 4. The second-order valence-corrected chi connectivity index (χ2v) is 10.3. The van der Waals surface area contributed by atoms with E-state index in [4.69, 9.17) is 27.9 Å². The zero-order valence-corrected chi connectivity index (χ0v) is 20.8. The molecule has 2 amide bonds. The van der Waals surface area contributed by atoms with Crippen molar-refractivity contribution in [2.75, 3.05) is 4.90 Å². The van der Waals surface area contributed by atoms with Crippen molar-refractivity contribution in [3.8, 4) is 0 Å². The van der Waals surface area contributed by atoms with Crippen molar-refractivity contribution in [3.63, 3.8) is 0 Å². The van der Waals surface area contributed by atoms with Crippen LogP contribution in [-0.2, 0) is 14.3 Å². The quantitative estimate of drug-likeness (QED) is 0.302. The van der Waals surface area contributed by atoms with Crippen molar-refractivity contribution >= 4 is 68.2 Å². The van der Waals surface area contributed by atoms with Crippen LogP contribution in [0.5, 0.6) is 0 Å². The summed E-state index contributed by atoms with van der Waals surface area (Å²) in [7, 11) is 0. The molecule has 2 fully saturated rings. The Morgan fingerprint density at radius 3 is 2.06 bits per heavy atom. The van der Waals surface area contributed by atoms with Crippen molar-refractivity contribution in [1.82, 2.24) is 0 Å². The third-order valence-corrected chi connectivity index (χ3v) is 8.25. The minimum atomic E-state index is -2.17. The maximum absolute atomic E-state index is 13.9. The lowest BCUT2D eigenvalue weighted by Crippen LogP contribution is -2.51. The van der Waals surface area contributed by atoms with Crippen molar-refractivity contribution in [1.29, 1.82) is 0 Å². The first-order valence-corrected chi connectivity index (χ1v) is 12.3. The zero-order valence-electron chi connectivity index (χ0n) is 17.7. The van der Waals surface area contributed by atoms with E-state index < -0.39 is 46.9 Å². The van der Waals surface area contributed by atoms with Crippen LogP contribution in [0.4, 0.5) is 5.69 Å². The van der Waals surface area contributed by atoms with E-state index in [1.165, 1.54) is 12.1 Å². The molecule has 0 bridgehead atoms. The molecule has 0 N–H and O–H groups in total. The number of benzene rings is 3. The first-order chi connectivity index (χ1) is 16.8. The molecule has 3 aromatic carbocycles.